The van der Waals surface area contributed by atoms with Crippen molar-refractivity contribution >= 4 is 12.0 Å². The van der Waals surface area contributed by atoms with E-state index in [9.17, 15) is 9.59 Å². The molecule has 1 fully saturated rings. The van der Waals surface area contributed by atoms with Gasteiger partial charge in [0.15, 0.2) is 0 Å². The number of rotatable bonds is 5. The smallest absolute Gasteiger partial charge is 0.323 e. The van der Waals surface area contributed by atoms with E-state index in [-0.39, 0.29) is 24.5 Å². The predicted octanol–water partition coefficient (Wildman–Crippen LogP) is 1.68. The van der Waals surface area contributed by atoms with E-state index < -0.39 is 5.97 Å². The number of carboxylic acid groups (broad SMARTS) is 1. The second kappa shape index (κ2) is 6.47. The number of urea groups is 1. The molecule has 17 heavy (non-hydrogen) atoms. The monoisotopic (exact) mass is 242 g/mol. The molecule has 0 atom stereocenters. The lowest BCUT2D eigenvalue weighted by Crippen LogP contribution is -2.47. The number of nitrogens with zero attached hydrogens (tertiary/aromatic N) is 1. The summed E-state index contributed by atoms with van der Waals surface area (Å²) in [6, 6.07) is -0.0149. The second-order valence-electron chi connectivity index (χ2n) is 5.10. The zero-order valence-corrected chi connectivity index (χ0v) is 10.6. The van der Waals surface area contributed by atoms with Crippen LogP contribution in [-0.2, 0) is 4.79 Å². The number of hydrogen-bond donors (Lipinski definition) is 2. The van der Waals surface area contributed by atoms with Gasteiger partial charge >= 0.3 is 12.0 Å². The maximum atomic E-state index is 11.9. The molecule has 0 aromatic carbocycles. The van der Waals surface area contributed by atoms with Crippen LogP contribution in [0.4, 0.5) is 4.79 Å². The van der Waals surface area contributed by atoms with E-state index in [1.807, 2.05) is 13.8 Å². The van der Waals surface area contributed by atoms with Crippen LogP contribution >= 0.6 is 0 Å². The molecule has 0 saturated heterocycles. The zero-order valence-electron chi connectivity index (χ0n) is 10.6. The zero-order chi connectivity index (χ0) is 12.8. The second-order valence-corrected chi connectivity index (χ2v) is 5.10. The summed E-state index contributed by atoms with van der Waals surface area (Å²) in [5.74, 6) is -0.698. The van der Waals surface area contributed by atoms with E-state index in [0.717, 1.165) is 25.7 Å². The third-order valence-corrected chi connectivity index (χ3v) is 2.88. The van der Waals surface area contributed by atoms with Crippen LogP contribution in [-0.4, -0.2) is 41.1 Å². The molecule has 1 saturated carbocycles. The Bertz CT molecular complexity index is 273. The highest BCUT2D eigenvalue weighted by Crippen LogP contribution is 2.17. The molecule has 0 bridgehead atoms. The first-order valence-electron chi connectivity index (χ1n) is 6.26. The first kappa shape index (κ1) is 13.8. The molecular formula is C12H22N2O3. The van der Waals surface area contributed by atoms with Crippen LogP contribution in [0.5, 0.6) is 0 Å². The minimum atomic E-state index is -0.966. The van der Waals surface area contributed by atoms with Crippen LogP contribution in [0.2, 0.25) is 0 Å². The topological polar surface area (TPSA) is 69.6 Å². The van der Waals surface area contributed by atoms with Crippen LogP contribution in [0.1, 0.15) is 39.5 Å². The molecule has 0 spiro atoms. The van der Waals surface area contributed by atoms with Gasteiger partial charge in [0.25, 0.3) is 0 Å². The molecule has 98 valence electrons. The summed E-state index contributed by atoms with van der Waals surface area (Å²) in [7, 11) is 0. The van der Waals surface area contributed by atoms with Gasteiger partial charge in [0.2, 0.25) is 0 Å². The Hall–Kier alpha value is -1.26. The largest absolute Gasteiger partial charge is 0.480 e. The number of nitrogens with one attached hydrogen (secondary N) is 1. The predicted molar refractivity (Wildman–Crippen MR) is 64.8 cm³/mol. The van der Waals surface area contributed by atoms with E-state index in [1.165, 1.54) is 4.90 Å². The fourth-order valence-corrected chi connectivity index (χ4v) is 2.16. The highest BCUT2D eigenvalue weighted by Gasteiger charge is 2.22. The SMILES string of the molecule is CC(C)CN(CC(=O)O)C(=O)NC1CCCC1. The van der Waals surface area contributed by atoms with Gasteiger partial charge in [-0.05, 0) is 18.8 Å². The number of carbonyl (C=O) groups excluding carboxylic acids is 1. The highest BCUT2D eigenvalue weighted by atomic mass is 16.4. The number of hydrogen-bond acceptors (Lipinski definition) is 2. The summed E-state index contributed by atoms with van der Waals surface area (Å²) in [6.07, 6.45) is 4.31. The van der Waals surface area contributed by atoms with Gasteiger partial charge in [-0.25, -0.2) is 4.79 Å². The van der Waals surface area contributed by atoms with Gasteiger partial charge in [-0.3, -0.25) is 4.79 Å². The molecular weight excluding hydrogens is 220 g/mol. The summed E-state index contributed by atoms with van der Waals surface area (Å²) in [6.45, 7) is 4.19. The van der Waals surface area contributed by atoms with Crippen molar-refractivity contribution < 1.29 is 14.7 Å². The van der Waals surface area contributed by atoms with Gasteiger partial charge in [-0.2, -0.15) is 0 Å². The van der Waals surface area contributed by atoms with Gasteiger partial charge in [0, 0.05) is 12.6 Å². The maximum Gasteiger partial charge on any atom is 0.323 e. The van der Waals surface area contributed by atoms with Crippen molar-refractivity contribution in [3.8, 4) is 0 Å². The van der Waals surface area contributed by atoms with Crippen molar-refractivity contribution in [2.75, 3.05) is 13.1 Å². The van der Waals surface area contributed by atoms with E-state index in [1.54, 1.807) is 0 Å². The van der Waals surface area contributed by atoms with Gasteiger partial charge in [0.05, 0.1) is 0 Å². The van der Waals surface area contributed by atoms with Gasteiger partial charge in [-0.1, -0.05) is 26.7 Å². The number of amides is 2. The molecule has 1 aliphatic carbocycles. The molecule has 5 heteroatoms. The molecule has 1 aliphatic rings. The first-order chi connectivity index (χ1) is 7.99. The summed E-state index contributed by atoms with van der Waals surface area (Å²) >= 11 is 0. The molecule has 0 radical (unpaired) electrons. The molecule has 0 heterocycles. The molecule has 0 aromatic heterocycles. The molecule has 2 amide bonds. The lowest BCUT2D eigenvalue weighted by molar-refractivity contribution is -0.137. The highest BCUT2D eigenvalue weighted by molar-refractivity contribution is 5.80. The third kappa shape index (κ3) is 5.06. The van der Waals surface area contributed by atoms with Crippen molar-refractivity contribution in [2.24, 2.45) is 5.92 Å². The van der Waals surface area contributed by atoms with Crippen molar-refractivity contribution in [3.05, 3.63) is 0 Å². The van der Waals surface area contributed by atoms with E-state index in [4.69, 9.17) is 5.11 Å². The molecule has 0 unspecified atom stereocenters. The number of carboxylic acids is 1. The lowest BCUT2D eigenvalue weighted by Gasteiger charge is -2.25. The Labute approximate surface area is 102 Å². The Morgan fingerprint density at radius 1 is 1.35 bits per heavy atom. The molecule has 2 N–H and O–H groups in total. The van der Waals surface area contributed by atoms with E-state index in [2.05, 4.69) is 5.32 Å². The van der Waals surface area contributed by atoms with Gasteiger partial charge < -0.3 is 15.3 Å². The standard InChI is InChI=1S/C12H22N2O3/c1-9(2)7-14(8-11(15)16)12(17)13-10-5-3-4-6-10/h9-10H,3-8H2,1-2H3,(H,13,17)(H,15,16). The minimum absolute atomic E-state index is 0.225. The van der Waals surface area contributed by atoms with Gasteiger partial charge in [0.1, 0.15) is 6.54 Å². The van der Waals surface area contributed by atoms with Crippen molar-refractivity contribution in [1.29, 1.82) is 0 Å². The molecule has 5 nitrogen and oxygen atoms in total. The van der Waals surface area contributed by atoms with Crippen LogP contribution in [0.25, 0.3) is 0 Å². The van der Waals surface area contributed by atoms with Gasteiger partial charge in [-0.15, -0.1) is 0 Å². The third-order valence-electron chi connectivity index (χ3n) is 2.88. The summed E-state index contributed by atoms with van der Waals surface area (Å²) in [4.78, 5) is 24.0. The average Bonchev–Trinajstić information content (AvgIpc) is 2.67. The van der Waals surface area contributed by atoms with Crippen LogP contribution in [0.15, 0.2) is 0 Å². The van der Waals surface area contributed by atoms with Crippen molar-refractivity contribution in [2.45, 2.75) is 45.6 Å². The normalized spacial score (nSPS) is 16.2. The first-order valence-corrected chi connectivity index (χ1v) is 6.26. The van der Waals surface area contributed by atoms with Crippen molar-refractivity contribution in [1.82, 2.24) is 10.2 Å². The lowest BCUT2D eigenvalue weighted by atomic mass is 10.2. The van der Waals surface area contributed by atoms with E-state index in [0.29, 0.717) is 6.54 Å². The Morgan fingerprint density at radius 2 is 1.94 bits per heavy atom. The van der Waals surface area contributed by atoms with Crippen LogP contribution in [0, 0.1) is 5.92 Å². The van der Waals surface area contributed by atoms with E-state index >= 15 is 0 Å². The maximum absolute atomic E-state index is 11.9. The Kier molecular flexibility index (Phi) is 5.25. The summed E-state index contributed by atoms with van der Waals surface area (Å²) in [5, 5.41) is 11.7. The average molecular weight is 242 g/mol. The van der Waals surface area contributed by atoms with Crippen LogP contribution in [0.3, 0.4) is 0 Å². The minimum Gasteiger partial charge on any atom is -0.480 e. The fraction of sp³-hybridized carbons (Fsp3) is 0.833. The Balaban J connectivity index is 2.48. The quantitative estimate of drug-likeness (QED) is 0.770. The van der Waals surface area contributed by atoms with Crippen LogP contribution < -0.4 is 5.32 Å². The Morgan fingerprint density at radius 3 is 2.41 bits per heavy atom. The summed E-state index contributed by atoms with van der Waals surface area (Å²) < 4.78 is 0. The fourth-order valence-electron chi connectivity index (χ4n) is 2.16. The molecule has 1 rings (SSSR count). The number of carbonyl (C=O) groups is 2. The number of aliphatic carboxylic acids is 1. The summed E-state index contributed by atoms with van der Waals surface area (Å²) in [5.41, 5.74) is 0. The molecule has 0 aliphatic heterocycles. The molecule has 0 aromatic rings. The van der Waals surface area contributed by atoms with Crippen molar-refractivity contribution in [3.63, 3.8) is 0 Å².